The van der Waals surface area contributed by atoms with Gasteiger partial charge in [0, 0.05) is 22.8 Å². The normalized spacial score (nSPS) is 17.7. The predicted octanol–water partition coefficient (Wildman–Crippen LogP) is 6.18. The van der Waals surface area contributed by atoms with Crippen molar-refractivity contribution in [2.24, 2.45) is 0 Å². The molecule has 0 fully saturated rings. The van der Waals surface area contributed by atoms with Gasteiger partial charge in [0.15, 0.2) is 5.60 Å². The highest BCUT2D eigenvalue weighted by Gasteiger charge is 2.45. The SMILES string of the molecule is C#CCOc1ccc2c(c1)OC1(C=C2)c2ccccc2-c2cc3ccccc3cc21. The molecular weight excluding hydrogens is 368 g/mol. The highest BCUT2D eigenvalue weighted by molar-refractivity contribution is 5.94. The molecule has 1 unspecified atom stereocenters. The summed E-state index contributed by atoms with van der Waals surface area (Å²) in [5, 5.41) is 2.44. The quantitative estimate of drug-likeness (QED) is 0.383. The predicted molar refractivity (Wildman–Crippen MR) is 121 cm³/mol. The van der Waals surface area contributed by atoms with Crippen molar-refractivity contribution in [2.75, 3.05) is 6.61 Å². The first kappa shape index (κ1) is 16.9. The molecule has 30 heavy (non-hydrogen) atoms. The Morgan fingerprint density at radius 3 is 2.50 bits per heavy atom. The van der Waals surface area contributed by atoms with Crippen molar-refractivity contribution in [3.63, 3.8) is 0 Å². The number of terminal acetylenes is 1. The molecule has 6 rings (SSSR count). The Labute approximate surface area is 175 Å². The third kappa shape index (κ3) is 2.33. The Bertz CT molecular complexity index is 1390. The second-order valence-electron chi connectivity index (χ2n) is 7.65. The van der Waals surface area contributed by atoms with Crippen LogP contribution in [0.2, 0.25) is 0 Å². The lowest BCUT2D eigenvalue weighted by atomic mass is 9.87. The molecular formula is C28H18O2. The number of benzene rings is 4. The highest BCUT2D eigenvalue weighted by Crippen LogP contribution is 2.54. The molecule has 0 bridgehead atoms. The Kier molecular flexibility index (Phi) is 3.54. The molecule has 0 N–H and O–H groups in total. The van der Waals surface area contributed by atoms with Crippen LogP contribution in [0, 0.1) is 12.3 Å². The zero-order chi connectivity index (χ0) is 20.1. The van der Waals surface area contributed by atoms with E-state index < -0.39 is 5.60 Å². The van der Waals surface area contributed by atoms with Gasteiger partial charge < -0.3 is 9.47 Å². The van der Waals surface area contributed by atoms with Crippen molar-refractivity contribution < 1.29 is 9.47 Å². The molecule has 2 nitrogen and oxygen atoms in total. The van der Waals surface area contributed by atoms with E-state index in [1.807, 2.05) is 18.2 Å². The Hall–Kier alpha value is -3.96. The monoisotopic (exact) mass is 386 g/mol. The lowest BCUT2D eigenvalue weighted by Crippen LogP contribution is -2.32. The lowest BCUT2D eigenvalue weighted by molar-refractivity contribution is 0.165. The van der Waals surface area contributed by atoms with Gasteiger partial charge in [-0.15, -0.1) is 6.42 Å². The van der Waals surface area contributed by atoms with Gasteiger partial charge in [-0.05, 0) is 52.2 Å². The van der Waals surface area contributed by atoms with Crippen molar-refractivity contribution in [1.29, 1.82) is 0 Å². The molecule has 2 heteroatoms. The molecule has 1 spiro atoms. The molecule has 0 radical (unpaired) electrons. The third-order valence-corrected chi connectivity index (χ3v) is 5.98. The van der Waals surface area contributed by atoms with Crippen LogP contribution in [0.5, 0.6) is 11.5 Å². The van der Waals surface area contributed by atoms with E-state index in [0.717, 1.165) is 16.9 Å². The maximum absolute atomic E-state index is 6.78. The molecule has 4 aromatic carbocycles. The Morgan fingerprint density at radius 1 is 0.833 bits per heavy atom. The standard InChI is InChI=1S/C28H18O2/c1-2-15-29-22-12-11-19-13-14-28(30-27(19)18-22)25-10-6-5-9-23(25)24-16-20-7-3-4-8-21(20)17-26(24)28/h1,3-14,16-18H,15H2. The Balaban J connectivity index is 1.57. The molecule has 0 amide bonds. The molecule has 2 aliphatic rings. The molecule has 1 aliphatic heterocycles. The molecule has 1 atom stereocenters. The van der Waals surface area contributed by atoms with Gasteiger partial charge >= 0.3 is 0 Å². The minimum atomic E-state index is -0.659. The summed E-state index contributed by atoms with van der Waals surface area (Å²) < 4.78 is 12.4. The van der Waals surface area contributed by atoms with Gasteiger partial charge in [0.25, 0.3) is 0 Å². The average Bonchev–Trinajstić information content (AvgIpc) is 3.05. The maximum atomic E-state index is 6.78. The summed E-state index contributed by atoms with van der Waals surface area (Å²) in [6.45, 7) is 0.234. The third-order valence-electron chi connectivity index (χ3n) is 5.98. The van der Waals surface area contributed by atoms with Crippen molar-refractivity contribution in [2.45, 2.75) is 5.60 Å². The second-order valence-corrected chi connectivity index (χ2v) is 7.65. The minimum absolute atomic E-state index is 0.234. The smallest absolute Gasteiger partial charge is 0.179 e. The summed E-state index contributed by atoms with van der Waals surface area (Å²) >= 11 is 0. The van der Waals surface area contributed by atoms with E-state index in [2.05, 4.69) is 78.7 Å². The zero-order valence-corrected chi connectivity index (χ0v) is 16.3. The van der Waals surface area contributed by atoms with Crippen molar-refractivity contribution in [1.82, 2.24) is 0 Å². The maximum Gasteiger partial charge on any atom is 0.179 e. The van der Waals surface area contributed by atoms with Gasteiger partial charge in [-0.2, -0.15) is 0 Å². The van der Waals surface area contributed by atoms with Gasteiger partial charge in [0.1, 0.15) is 18.1 Å². The molecule has 1 aliphatic carbocycles. The second kappa shape index (κ2) is 6.27. The number of hydrogen-bond donors (Lipinski definition) is 0. The van der Waals surface area contributed by atoms with E-state index in [0.29, 0.717) is 5.75 Å². The van der Waals surface area contributed by atoms with Crippen LogP contribution in [0.4, 0.5) is 0 Å². The lowest BCUT2D eigenvalue weighted by Gasteiger charge is -2.33. The number of ether oxygens (including phenoxy) is 2. The molecule has 1 heterocycles. The van der Waals surface area contributed by atoms with Gasteiger partial charge in [0.2, 0.25) is 0 Å². The molecule has 142 valence electrons. The van der Waals surface area contributed by atoms with Crippen LogP contribution in [0.15, 0.2) is 84.9 Å². The van der Waals surface area contributed by atoms with E-state index >= 15 is 0 Å². The molecule has 0 aromatic heterocycles. The van der Waals surface area contributed by atoms with Crippen LogP contribution in [-0.4, -0.2) is 6.61 Å². The summed E-state index contributed by atoms with van der Waals surface area (Å²) in [4.78, 5) is 0. The summed E-state index contributed by atoms with van der Waals surface area (Å²) in [6.07, 6.45) is 9.66. The minimum Gasteiger partial charge on any atom is -0.481 e. The number of rotatable bonds is 2. The first-order valence-electron chi connectivity index (χ1n) is 10.0. The van der Waals surface area contributed by atoms with Gasteiger partial charge in [-0.25, -0.2) is 0 Å². The molecule has 4 aromatic rings. The fraction of sp³-hybridized carbons (Fsp3) is 0.0714. The van der Waals surface area contributed by atoms with E-state index in [1.54, 1.807) is 0 Å². The first-order valence-corrected chi connectivity index (χ1v) is 10.0. The fourth-order valence-electron chi connectivity index (χ4n) is 4.62. The van der Waals surface area contributed by atoms with Gasteiger partial charge in [-0.3, -0.25) is 0 Å². The number of hydrogen-bond acceptors (Lipinski definition) is 2. The molecule has 0 saturated heterocycles. The van der Waals surface area contributed by atoms with Crippen LogP contribution < -0.4 is 9.47 Å². The summed E-state index contributed by atoms with van der Waals surface area (Å²) in [7, 11) is 0. The Morgan fingerprint density at radius 2 is 1.63 bits per heavy atom. The fourth-order valence-corrected chi connectivity index (χ4v) is 4.62. The van der Waals surface area contributed by atoms with Crippen LogP contribution >= 0.6 is 0 Å². The average molecular weight is 386 g/mol. The highest BCUT2D eigenvalue weighted by atomic mass is 16.5. The van der Waals surface area contributed by atoms with Crippen LogP contribution in [-0.2, 0) is 5.60 Å². The van der Waals surface area contributed by atoms with Crippen molar-refractivity contribution in [3.05, 3.63) is 102 Å². The zero-order valence-electron chi connectivity index (χ0n) is 16.3. The number of fused-ring (bicyclic) bond motifs is 7. The van der Waals surface area contributed by atoms with E-state index in [-0.39, 0.29) is 6.61 Å². The van der Waals surface area contributed by atoms with Crippen LogP contribution in [0.1, 0.15) is 16.7 Å². The van der Waals surface area contributed by atoms with Crippen LogP contribution in [0.25, 0.3) is 28.0 Å². The largest absolute Gasteiger partial charge is 0.481 e. The van der Waals surface area contributed by atoms with Gasteiger partial charge in [0.05, 0.1) is 0 Å². The topological polar surface area (TPSA) is 18.5 Å². The van der Waals surface area contributed by atoms with Crippen molar-refractivity contribution in [3.8, 4) is 35.0 Å². The summed E-state index contributed by atoms with van der Waals surface area (Å²) in [6, 6.07) is 27.4. The van der Waals surface area contributed by atoms with Crippen LogP contribution in [0.3, 0.4) is 0 Å². The van der Waals surface area contributed by atoms with E-state index in [4.69, 9.17) is 15.9 Å². The van der Waals surface area contributed by atoms with Gasteiger partial charge in [-0.1, -0.05) is 60.5 Å². The van der Waals surface area contributed by atoms with E-state index in [9.17, 15) is 0 Å². The molecule has 0 saturated carbocycles. The summed E-state index contributed by atoms with van der Waals surface area (Å²) in [5.74, 6) is 4.02. The van der Waals surface area contributed by atoms with E-state index in [1.165, 1.54) is 27.5 Å². The van der Waals surface area contributed by atoms with Crippen molar-refractivity contribution >= 4 is 16.8 Å². The summed E-state index contributed by atoms with van der Waals surface area (Å²) in [5.41, 5.74) is 5.13. The first-order chi connectivity index (χ1) is 14.8.